The highest BCUT2D eigenvalue weighted by atomic mass is 16.5. The standard InChI is InChI=1S/C17H27NO/c1-13-4-7-16(8-5-13)18-10-11-19-17-9-6-14(2)12-15(17)3/h6,9,12-13,16,18H,4-5,7-8,10-11H2,1-3H3. The fourth-order valence-electron chi connectivity index (χ4n) is 2.85. The Morgan fingerprint density at radius 3 is 2.58 bits per heavy atom. The third-order valence-corrected chi connectivity index (χ3v) is 4.14. The monoisotopic (exact) mass is 261 g/mol. The average Bonchev–Trinajstić information content (AvgIpc) is 2.39. The summed E-state index contributed by atoms with van der Waals surface area (Å²) in [6.45, 7) is 8.29. The number of aryl methyl sites for hydroxylation is 2. The topological polar surface area (TPSA) is 21.3 Å². The second-order valence-corrected chi connectivity index (χ2v) is 6.03. The van der Waals surface area contributed by atoms with Crippen LogP contribution in [-0.2, 0) is 0 Å². The minimum Gasteiger partial charge on any atom is -0.492 e. The summed E-state index contributed by atoms with van der Waals surface area (Å²) in [6.07, 6.45) is 5.39. The van der Waals surface area contributed by atoms with Crippen molar-refractivity contribution in [3.8, 4) is 5.75 Å². The van der Waals surface area contributed by atoms with Gasteiger partial charge in [-0.15, -0.1) is 0 Å². The van der Waals surface area contributed by atoms with E-state index in [0.29, 0.717) is 6.04 Å². The van der Waals surface area contributed by atoms with Crippen molar-refractivity contribution in [2.24, 2.45) is 5.92 Å². The molecule has 1 aromatic carbocycles. The molecule has 0 heterocycles. The van der Waals surface area contributed by atoms with Crippen molar-refractivity contribution in [2.75, 3.05) is 13.2 Å². The van der Waals surface area contributed by atoms with E-state index >= 15 is 0 Å². The molecule has 0 radical (unpaired) electrons. The maximum absolute atomic E-state index is 5.84. The van der Waals surface area contributed by atoms with Crippen LogP contribution in [0.4, 0.5) is 0 Å². The normalized spacial score (nSPS) is 23.3. The Hall–Kier alpha value is -1.02. The van der Waals surface area contributed by atoms with E-state index in [9.17, 15) is 0 Å². The van der Waals surface area contributed by atoms with Gasteiger partial charge in [0.25, 0.3) is 0 Å². The van der Waals surface area contributed by atoms with Crippen molar-refractivity contribution in [2.45, 2.75) is 52.5 Å². The highest BCUT2D eigenvalue weighted by Gasteiger charge is 2.17. The molecule has 0 aromatic heterocycles. The summed E-state index contributed by atoms with van der Waals surface area (Å²) in [5, 5.41) is 3.62. The van der Waals surface area contributed by atoms with Crippen LogP contribution in [0.2, 0.25) is 0 Å². The zero-order chi connectivity index (χ0) is 13.7. The van der Waals surface area contributed by atoms with Crippen molar-refractivity contribution in [3.63, 3.8) is 0 Å². The third-order valence-electron chi connectivity index (χ3n) is 4.14. The molecular formula is C17H27NO. The Morgan fingerprint density at radius 2 is 1.89 bits per heavy atom. The van der Waals surface area contributed by atoms with E-state index in [1.807, 2.05) is 0 Å². The molecule has 1 aromatic rings. The largest absolute Gasteiger partial charge is 0.492 e. The first-order valence-corrected chi connectivity index (χ1v) is 7.58. The fourth-order valence-corrected chi connectivity index (χ4v) is 2.85. The molecule has 0 atom stereocenters. The maximum Gasteiger partial charge on any atom is 0.122 e. The van der Waals surface area contributed by atoms with E-state index < -0.39 is 0 Å². The molecule has 2 heteroatoms. The second-order valence-electron chi connectivity index (χ2n) is 6.03. The summed E-state index contributed by atoms with van der Waals surface area (Å²) in [5.74, 6) is 1.94. The lowest BCUT2D eigenvalue weighted by Crippen LogP contribution is -2.35. The first-order chi connectivity index (χ1) is 9.15. The zero-order valence-corrected chi connectivity index (χ0v) is 12.5. The van der Waals surface area contributed by atoms with E-state index in [2.05, 4.69) is 44.3 Å². The molecule has 19 heavy (non-hydrogen) atoms. The minimum atomic E-state index is 0.707. The lowest BCUT2D eigenvalue weighted by atomic mass is 9.87. The predicted octanol–water partition coefficient (Wildman–Crippen LogP) is 3.85. The van der Waals surface area contributed by atoms with Crippen molar-refractivity contribution in [3.05, 3.63) is 29.3 Å². The Morgan fingerprint density at radius 1 is 1.16 bits per heavy atom. The molecule has 1 fully saturated rings. The van der Waals surface area contributed by atoms with Crippen LogP contribution < -0.4 is 10.1 Å². The smallest absolute Gasteiger partial charge is 0.122 e. The first kappa shape index (κ1) is 14.4. The summed E-state index contributed by atoms with van der Waals surface area (Å²) in [6, 6.07) is 7.06. The fraction of sp³-hybridized carbons (Fsp3) is 0.647. The molecule has 0 aliphatic heterocycles. The Bertz CT molecular complexity index is 394. The average molecular weight is 261 g/mol. The Balaban J connectivity index is 1.66. The van der Waals surface area contributed by atoms with Crippen LogP contribution >= 0.6 is 0 Å². The number of nitrogens with one attached hydrogen (secondary N) is 1. The molecule has 0 unspecified atom stereocenters. The molecule has 0 spiro atoms. The van der Waals surface area contributed by atoms with Gasteiger partial charge >= 0.3 is 0 Å². The summed E-state index contributed by atoms with van der Waals surface area (Å²) in [5.41, 5.74) is 2.52. The molecular weight excluding hydrogens is 234 g/mol. The summed E-state index contributed by atoms with van der Waals surface area (Å²) in [4.78, 5) is 0. The number of ether oxygens (including phenoxy) is 1. The summed E-state index contributed by atoms with van der Waals surface area (Å²) >= 11 is 0. The maximum atomic E-state index is 5.84. The van der Waals surface area contributed by atoms with Gasteiger partial charge in [-0.05, 0) is 57.1 Å². The summed E-state index contributed by atoms with van der Waals surface area (Å²) < 4.78 is 5.84. The third kappa shape index (κ3) is 4.54. The van der Waals surface area contributed by atoms with E-state index in [-0.39, 0.29) is 0 Å². The van der Waals surface area contributed by atoms with Crippen LogP contribution in [0, 0.1) is 19.8 Å². The number of hydrogen-bond acceptors (Lipinski definition) is 2. The van der Waals surface area contributed by atoms with Crippen LogP contribution in [-0.4, -0.2) is 19.2 Å². The molecule has 0 amide bonds. The van der Waals surface area contributed by atoms with Crippen LogP contribution in [0.15, 0.2) is 18.2 Å². The van der Waals surface area contributed by atoms with E-state index in [1.54, 1.807) is 0 Å². The molecule has 1 saturated carbocycles. The predicted molar refractivity (Wildman–Crippen MR) is 80.8 cm³/mol. The van der Waals surface area contributed by atoms with E-state index in [4.69, 9.17) is 4.74 Å². The van der Waals surface area contributed by atoms with Gasteiger partial charge in [-0.2, -0.15) is 0 Å². The van der Waals surface area contributed by atoms with Gasteiger partial charge in [0.05, 0.1) is 0 Å². The molecule has 2 nitrogen and oxygen atoms in total. The van der Waals surface area contributed by atoms with Gasteiger partial charge in [-0.3, -0.25) is 0 Å². The van der Waals surface area contributed by atoms with Crippen LogP contribution in [0.1, 0.15) is 43.7 Å². The molecule has 106 valence electrons. The quantitative estimate of drug-likeness (QED) is 0.813. The van der Waals surface area contributed by atoms with Gasteiger partial charge in [0.1, 0.15) is 12.4 Å². The highest BCUT2D eigenvalue weighted by Crippen LogP contribution is 2.23. The summed E-state index contributed by atoms with van der Waals surface area (Å²) in [7, 11) is 0. The lowest BCUT2D eigenvalue weighted by molar-refractivity contribution is 0.269. The molecule has 2 rings (SSSR count). The number of hydrogen-bond donors (Lipinski definition) is 1. The number of rotatable bonds is 5. The van der Waals surface area contributed by atoms with Gasteiger partial charge in [-0.25, -0.2) is 0 Å². The van der Waals surface area contributed by atoms with Gasteiger partial charge < -0.3 is 10.1 Å². The van der Waals surface area contributed by atoms with Crippen LogP contribution in [0.3, 0.4) is 0 Å². The Kier molecular flexibility index (Phi) is 5.26. The lowest BCUT2D eigenvalue weighted by Gasteiger charge is -2.27. The highest BCUT2D eigenvalue weighted by molar-refractivity contribution is 5.35. The van der Waals surface area contributed by atoms with E-state index in [1.165, 1.54) is 36.8 Å². The van der Waals surface area contributed by atoms with Gasteiger partial charge in [0.15, 0.2) is 0 Å². The van der Waals surface area contributed by atoms with Crippen molar-refractivity contribution in [1.82, 2.24) is 5.32 Å². The van der Waals surface area contributed by atoms with Gasteiger partial charge in [0, 0.05) is 12.6 Å². The van der Waals surface area contributed by atoms with Crippen molar-refractivity contribution >= 4 is 0 Å². The van der Waals surface area contributed by atoms with Crippen LogP contribution in [0.5, 0.6) is 5.75 Å². The zero-order valence-electron chi connectivity index (χ0n) is 12.5. The molecule has 1 aliphatic carbocycles. The van der Waals surface area contributed by atoms with Gasteiger partial charge in [-0.1, -0.05) is 24.6 Å². The van der Waals surface area contributed by atoms with Crippen molar-refractivity contribution in [1.29, 1.82) is 0 Å². The van der Waals surface area contributed by atoms with Crippen molar-refractivity contribution < 1.29 is 4.74 Å². The SMILES string of the molecule is Cc1ccc(OCCNC2CCC(C)CC2)c(C)c1. The molecule has 0 bridgehead atoms. The first-order valence-electron chi connectivity index (χ1n) is 7.58. The molecule has 0 saturated heterocycles. The van der Waals surface area contributed by atoms with Gasteiger partial charge in [0.2, 0.25) is 0 Å². The van der Waals surface area contributed by atoms with Crippen LogP contribution in [0.25, 0.3) is 0 Å². The van der Waals surface area contributed by atoms with E-state index in [0.717, 1.165) is 24.8 Å². The Labute approximate surface area is 117 Å². The molecule has 1 N–H and O–H groups in total. The number of benzene rings is 1. The molecule has 1 aliphatic rings. The second kappa shape index (κ2) is 6.95. The minimum absolute atomic E-state index is 0.707.